The number of carboxylic acids is 1. The predicted octanol–water partition coefficient (Wildman–Crippen LogP) is 1.47. The molecule has 0 amide bonds. The van der Waals surface area contributed by atoms with E-state index in [0.717, 1.165) is 0 Å². The van der Waals surface area contributed by atoms with Crippen LogP contribution < -0.4 is 0 Å². The first kappa shape index (κ1) is 8.00. The Morgan fingerprint density at radius 1 is 1.82 bits per heavy atom. The van der Waals surface area contributed by atoms with Crippen LogP contribution in [0.25, 0.3) is 6.08 Å². The number of aromatic nitrogens is 2. The Hall–Kier alpha value is -1.10. The summed E-state index contributed by atoms with van der Waals surface area (Å²) in [5, 5.41) is 14.5. The SMILES string of the molecule is O=C(O)c1[nH]ncc1/C=C/Br. The quantitative estimate of drug-likeness (QED) is 0.788. The van der Waals surface area contributed by atoms with Gasteiger partial charge < -0.3 is 5.11 Å². The van der Waals surface area contributed by atoms with E-state index in [4.69, 9.17) is 5.11 Å². The number of halogens is 1. The van der Waals surface area contributed by atoms with Crippen LogP contribution in [0.4, 0.5) is 0 Å². The van der Waals surface area contributed by atoms with Crippen LogP contribution in [0, 0.1) is 0 Å². The van der Waals surface area contributed by atoms with Crippen LogP contribution in [0.1, 0.15) is 16.1 Å². The smallest absolute Gasteiger partial charge is 0.354 e. The molecular formula is C6H5BrN2O2. The van der Waals surface area contributed by atoms with E-state index in [1.807, 2.05) is 0 Å². The Balaban J connectivity index is 3.05. The van der Waals surface area contributed by atoms with Crippen LogP contribution in [-0.2, 0) is 0 Å². The fraction of sp³-hybridized carbons (Fsp3) is 0. The Kier molecular flexibility index (Phi) is 2.43. The molecule has 11 heavy (non-hydrogen) atoms. The van der Waals surface area contributed by atoms with Gasteiger partial charge in [0.25, 0.3) is 0 Å². The van der Waals surface area contributed by atoms with Gasteiger partial charge >= 0.3 is 5.97 Å². The maximum atomic E-state index is 10.4. The summed E-state index contributed by atoms with van der Waals surface area (Å²) in [6.45, 7) is 0. The highest BCUT2D eigenvalue weighted by Crippen LogP contribution is 2.07. The van der Waals surface area contributed by atoms with Gasteiger partial charge in [0, 0.05) is 5.56 Å². The lowest BCUT2D eigenvalue weighted by Gasteiger charge is -1.87. The standard InChI is InChI=1S/C6H5BrN2O2/c7-2-1-4-3-8-9-5(4)6(10)11/h1-3H,(H,8,9)(H,10,11)/b2-1+. The van der Waals surface area contributed by atoms with Gasteiger partial charge in [-0.2, -0.15) is 5.10 Å². The number of nitrogens with zero attached hydrogens (tertiary/aromatic N) is 1. The Labute approximate surface area is 71.1 Å². The van der Waals surface area contributed by atoms with Crippen molar-refractivity contribution in [3.05, 3.63) is 22.4 Å². The number of carboxylic acid groups (broad SMARTS) is 1. The van der Waals surface area contributed by atoms with Crippen molar-refractivity contribution in [1.29, 1.82) is 0 Å². The summed E-state index contributed by atoms with van der Waals surface area (Å²) in [5.41, 5.74) is 0.648. The van der Waals surface area contributed by atoms with Crippen molar-refractivity contribution >= 4 is 28.0 Å². The molecule has 0 aliphatic rings. The number of nitrogens with one attached hydrogen (secondary N) is 1. The third-order valence-electron chi connectivity index (χ3n) is 1.13. The Morgan fingerprint density at radius 2 is 2.55 bits per heavy atom. The fourth-order valence-electron chi connectivity index (χ4n) is 0.661. The average Bonchev–Trinajstić information content (AvgIpc) is 2.36. The first-order valence-corrected chi connectivity index (χ1v) is 3.70. The van der Waals surface area contributed by atoms with Crippen molar-refractivity contribution in [3.63, 3.8) is 0 Å². The van der Waals surface area contributed by atoms with Gasteiger partial charge in [-0.1, -0.05) is 15.9 Å². The molecule has 0 radical (unpaired) electrons. The monoisotopic (exact) mass is 216 g/mol. The molecule has 58 valence electrons. The minimum atomic E-state index is -1.01. The van der Waals surface area contributed by atoms with Crippen molar-refractivity contribution in [3.8, 4) is 0 Å². The van der Waals surface area contributed by atoms with Crippen molar-refractivity contribution in [2.75, 3.05) is 0 Å². The second-order valence-electron chi connectivity index (χ2n) is 1.80. The zero-order chi connectivity index (χ0) is 8.27. The van der Waals surface area contributed by atoms with Crippen molar-refractivity contribution in [1.82, 2.24) is 10.2 Å². The summed E-state index contributed by atoms with van der Waals surface area (Å²) in [6.07, 6.45) is 3.05. The highest BCUT2D eigenvalue weighted by Gasteiger charge is 2.08. The minimum Gasteiger partial charge on any atom is -0.477 e. The molecule has 0 aromatic carbocycles. The molecule has 0 saturated carbocycles. The summed E-state index contributed by atoms with van der Waals surface area (Å²) in [5.74, 6) is -1.01. The largest absolute Gasteiger partial charge is 0.477 e. The van der Waals surface area contributed by atoms with Crippen molar-refractivity contribution in [2.24, 2.45) is 0 Å². The third-order valence-corrected chi connectivity index (χ3v) is 1.39. The number of aromatic amines is 1. The second kappa shape index (κ2) is 3.34. The molecule has 0 aliphatic carbocycles. The number of H-pyrrole nitrogens is 1. The average molecular weight is 217 g/mol. The lowest BCUT2D eigenvalue weighted by Crippen LogP contribution is -1.98. The van der Waals surface area contributed by atoms with Gasteiger partial charge in [-0.3, -0.25) is 5.10 Å². The predicted molar refractivity (Wildman–Crippen MR) is 43.5 cm³/mol. The molecule has 2 N–H and O–H groups in total. The van der Waals surface area contributed by atoms with E-state index in [2.05, 4.69) is 26.1 Å². The van der Waals surface area contributed by atoms with Crippen molar-refractivity contribution in [2.45, 2.75) is 0 Å². The third kappa shape index (κ3) is 1.68. The number of carbonyl (C=O) groups is 1. The highest BCUT2D eigenvalue weighted by atomic mass is 79.9. The number of rotatable bonds is 2. The number of hydrogen-bond acceptors (Lipinski definition) is 2. The molecule has 0 atom stereocenters. The van der Waals surface area contributed by atoms with Crippen LogP contribution in [0.2, 0.25) is 0 Å². The molecular weight excluding hydrogens is 212 g/mol. The Morgan fingerprint density at radius 3 is 3.09 bits per heavy atom. The van der Waals surface area contributed by atoms with E-state index < -0.39 is 5.97 Å². The normalized spacial score (nSPS) is 10.6. The fourth-order valence-corrected chi connectivity index (χ4v) is 0.946. The molecule has 0 fully saturated rings. The zero-order valence-electron chi connectivity index (χ0n) is 5.41. The molecule has 0 unspecified atom stereocenters. The van der Waals surface area contributed by atoms with Gasteiger partial charge in [0.2, 0.25) is 0 Å². The lowest BCUT2D eigenvalue weighted by molar-refractivity contribution is 0.0690. The summed E-state index contributed by atoms with van der Waals surface area (Å²) < 4.78 is 0. The maximum absolute atomic E-state index is 10.4. The van der Waals surface area contributed by atoms with Crippen LogP contribution in [0.5, 0.6) is 0 Å². The summed E-state index contributed by atoms with van der Waals surface area (Å²) >= 11 is 3.04. The van der Waals surface area contributed by atoms with E-state index in [1.54, 1.807) is 11.1 Å². The summed E-state index contributed by atoms with van der Waals surface area (Å²) in [6, 6.07) is 0. The molecule has 0 saturated heterocycles. The van der Waals surface area contributed by atoms with Gasteiger partial charge in [0.1, 0.15) is 0 Å². The molecule has 5 heteroatoms. The van der Waals surface area contributed by atoms with E-state index in [0.29, 0.717) is 5.56 Å². The van der Waals surface area contributed by atoms with Crippen LogP contribution in [0.15, 0.2) is 11.2 Å². The highest BCUT2D eigenvalue weighted by molar-refractivity contribution is 9.11. The maximum Gasteiger partial charge on any atom is 0.354 e. The first-order chi connectivity index (χ1) is 5.25. The zero-order valence-corrected chi connectivity index (χ0v) is 7.00. The van der Waals surface area contributed by atoms with E-state index in [1.165, 1.54) is 6.20 Å². The number of hydrogen-bond donors (Lipinski definition) is 2. The van der Waals surface area contributed by atoms with E-state index in [-0.39, 0.29) is 5.69 Å². The van der Waals surface area contributed by atoms with E-state index in [9.17, 15) is 4.79 Å². The van der Waals surface area contributed by atoms with Crippen LogP contribution in [0.3, 0.4) is 0 Å². The van der Waals surface area contributed by atoms with Crippen LogP contribution in [-0.4, -0.2) is 21.3 Å². The van der Waals surface area contributed by atoms with Gasteiger partial charge in [-0.25, -0.2) is 4.79 Å². The number of aromatic carboxylic acids is 1. The van der Waals surface area contributed by atoms with Gasteiger partial charge in [0.15, 0.2) is 5.69 Å². The molecule has 1 heterocycles. The Bertz CT molecular complexity index is 293. The second-order valence-corrected chi connectivity index (χ2v) is 2.33. The first-order valence-electron chi connectivity index (χ1n) is 2.79. The van der Waals surface area contributed by atoms with Gasteiger partial charge in [-0.05, 0) is 11.1 Å². The van der Waals surface area contributed by atoms with Gasteiger partial charge in [0.05, 0.1) is 6.20 Å². The molecule has 0 bridgehead atoms. The summed E-state index contributed by atoms with van der Waals surface area (Å²) in [7, 11) is 0. The molecule has 1 aromatic rings. The van der Waals surface area contributed by atoms with Crippen LogP contribution >= 0.6 is 15.9 Å². The van der Waals surface area contributed by atoms with Crippen molar-refractivity contribution < 1.29 is 9.90 Å². The van der Waals surface area contributed by atoms with E-state index >= 15 is 0 Å². The molecule has 0 spiro atoms. The minimum absolute atomic E-state index is 0.0979. The topological polar surface area (TPSA) is 66.0 Å². The molecule has 1 rings (SSSR count). The molecule has 1 aromatic heterocycles. The molecule has 0 aliphatic heterocycles. The lowest BCUT2D eigenvalue weighted by atomic mass is 10.2. The summed E-state index contributed by atoms with van der Waals surface area (Å²) in [4.78, 5) is 12.0. The van der Waals surface area contributed by atoms with Gasteiger partial charge in [-0.15, -0.1) is 0 Å². The molecule has 4 nitrogen and oxygen atoms in total.